The van der Waals surface area contributed by atoms with Gasteiger partial charge in [-0.1, -0.05) is 6.42 Å². The van der Waals surface area contributed by atoms with Crippen molar-refractivity contribution in [1.82, 2.24) is 19.4 Å². The lowest BCUT2D eigenvalue weighted by Gasteiger charge is -2.33. The lowest BCUT2D eigenvalue weighted by atomic mass is 9.99. The van der Waals surface area contributed by atoms with Crippen LogP contribution < -0.4 is 0 Å². The maximum atomic E-state index is 5.52. The van der Waals surface area contributed by atoms with Gasteiger partial charge in [0.05, 0.1) is 6.04 Å². The van der Waals surface area contributed by atoms with Crippen LogP contribution in [0, 0.1) is 5.92 Å². The summed E-state index contributed by atoms with van der Waals surface area (Å²) in [4.78, 5) is 12.1. The van der Waals surface area contributed by atoms with E-state index in [-0.39, 0.29) is 0 Å². The second-order valence-electron chi connectivity index (χ2n) is 6.97. The second kappa shape index (κ2) is 6.57. The molecule has 2 saturated heterocycles. The first kappa shape index (κ1) is 15.1. The van der Waals surface area contributed by atoms with Gasteiger partial charge in [-0.15, -0.1) is 0 Å². The maximum Gasteiger partial charge on any atom is 0.160 e. The topological polar surface area (TPSA) is 43.2 Å². The van der Waals surface area contributed by atoms with Crippen molar-refractivity contribution < 1.29 is 4.74 Å². The van der Waals surface area contributed by atoms with E-state index in [1.807, 2.05) is 12.3 Å². The molecular weight excluding hydrogens is 288 g/mol. The van der Waals surface area contributed by atoms with Crippen LogP contribution >= 0.6 is 0 Å². The number of fused-ring (bicyclic) bond motifs is 1. The first-order chi connectivity index (χ1) is 11.3. The van der Waals surface area contributed by atoms with E-state index in [0.717, 1.165) is 43.8 Å². The normalized spacial score (nSPS) is 24.3. The van der Waals surface area contributed by atoms with Crippen LogP contribution in [0.1, 0.15) is 44.0 Å². The highest BCUT2D eigenvalue weighted by atomic mass is 16.5. The van der Waals surface area contributed by atoms with Gasteiger partial charge >= 0.3 is 0 Å². The molecule has 2 aromatic rings. The molecule has 0 spiro atoms. The summed E-state index contributed by atoms with van der Waals surface area (Å²) in [6.07, 6.45) is 7.97. The summed E-state index contributed by atoms with van der Waals surface area (Å²) in [5, 5.41) is 0. The lowest BCUT2D eigenvalue weighted by Crippen LogP contribution is -2.32. The van der Waals surface area contributed by atoms with Crippen LogP contribution in [0.2, 0.25) is 0 Å². The summed E-state index contributed by atoms with van der Waals surface area (Å²) >= 11 is 0. The van der Waals surface area contributed by atoms with E-state index in [1.165, 1.54) is 31.6 Å². The fourth-order valence-electron chi connectivity index (χ4n) is 4.00. The number of hydrogen-bond donors (Lipinski definition) is 0. The molecule has 2 aliphatic rings. The van der Waals surface area contributed by atoms with Crippen LogP contribution in [0.5, 0.6) is 0 Å². The fraction of sp³-hybridized carbons (Fsp3) is 0.667. The monoisotopic (exact) mass is 314 g/mol. The van der Waals surface area contributed by atoms with Crippen LogP contribution in [-0.2, 0) is 11.3 Å². The molecule has 0 bridgehead atoms. The molecule has 2 aliphatic heterocycles. The van der Waals surface area contributed by atoms with Crippen LogP contribution in [0.15, 0.2) is 18.3 Å². The van der Waals surface area contributed by atoms with E-state index in [0.29, 0.717) is 12.0 Å². The summed E-state index contributed by atoms with van der Waals surface area (Å²) in [6.45, 7) is 3.97. The van der Waals surface area contributed by atoms with E-state index < -0.39 is 0 Å². The molecule has 5 nitrogen and oxygen atoms in total. The van der Waals surface area contributed by atoms with Gasteiger partial charge in [-0.2, -0.15) is 0 Å². The van der Waals surface area contributed by atoms with Gasteiger partial charge in [-0.3, -0.25) is 4.90 Å². The number of imidazole rings is 1. The molecular formula is C18H26N4O. The molecule has 0 N–H and O–H groups in total. The molecule has 124 valence electrons. The minimum atomic E-state index is 0.429. The van der Waals surface area contributed by atoms with E-state index in [9.17, 15) is 0 Å². The van der Waals surface area contributed by atoms with E-state index in [2.05, 4.69) is 27.6 Å². The van der Waals surface area contributed by atoms with Crippen LogP contribution in [-0.4, -0.2) is 46.2 Å². The smallest absolute Gasteiger partial charge is 0.160 e. The van der Waals surface area contributed by atoms with Crippen molar-refractivity contribution in [1.29, 1.82) is 0 Å². The fourth-order valence-corrected chi connectivity index (χ4v) is 4.00. The largest absolute Gasteiger partial charge is 0.381 e. The van der Waals surface area contributed by atoms with Gasteiger partial charge in [0.25, 0.3) is 0 Å². The van der Waals surface area contributed by atoms with Crippen LogP contribution in [0.4, 0.5) is 0 Å². The highest BCUT2D eigenvalue weighted by Crippen LogP contribution is 2.32. The zero-order valence-corrected chi connectivity index (χ0v) is 13.9. The third-order valence-corrected chi connectivity index (χ3v) is 5.38. The Bertz CT molecular complexity index is 662. The van der Waals surface area contributed by atoms with Gasteiger partial charge in [0.15, 0.2) is 5.65 Å². The summed E-state index contributed by atoms with van der Waals surface area (Å²) in [6, 6.07) is 4.51. The average Bonchev–Trinajstić information content (AvgIpc) is 2.95. The van der Waals surface area contributed by atoms with Crippen molar-refractivity contribution >= 4 is 11.2 Å². The number of pyridine rings is 1. The van der Waals surface area contributed by atoms with Gasteiger partial charge in [0.1, 0.15) is 11.3 Å². The van der Waals surface area contributed by atoms with Gasteiger partial charge < -0.3 is 9.30 Å². The molecule has 4 rings (SSSR count). The predicted molar refractivity (Wildman–Crippen MR) is 90.3 cm³/mol. The Morgan fingerprint density at radius 3 is 2.91 bits per heavy atom. The summed E-state index contributed by atoms with van der Waals surface area (Å²) in [5.41, 5.74) is 2.08. The van der Waals surface area contributed by atoms with E-state index in [4.69, 9.17) is 9.72 Å². The van der Waals surface area contributed by atoms with Gasteiger partial charge in [0, 0.05) is 26.0 Å². The van der Waals surface area contributed by atoms with Gasteiger partial charge in [-0.05, 0) is 57.3 Å². The molecule has 4 heterocycles. The Balaban J connectivity index is 1.71. The van der Waals surface area contributed by atoms with Crippen molar-refractivity contribution in [3.05, 3.63) is 24.2 Å². The standard InChI is InChI=1S/C18H26N4O/c1-21-10-3-2-6-16(21)18-20-15-5-4-9-19-17(15)22(18)13-14-7-11-23-12-8-14/h4-5,9,14,16H,2-3,6-8,10-13H2,1H3. The van der Waals surface area contributed by atoms with E-state index >= 15 is 0 Å². The number of piperidine rings is 1. The minimum Gasteiger partial charge on any atom is -0.381 e. The van der Waals surface area contributed by atoms with E-state index in [1.54, 1.807) is 0 Å². The molecule has 1 unspecified atom stereocenters. The lowest BCUT2D eigenvalue weighted by molar-refractivity contribution is 0.0605. The molecule has 23 heavy (non-hydrogen) atoms. The van der Waals surface area contributed by atoms with Gasteiger partial charge in [0.2, 0.25) is 0 Å². The zero-order chi connectivity index (χ0) is 15.6. The van der Waals surface area contributed by atoms with Crippen LogP contribution in [0.3, 0.4) is 0 Å². The predicted octanol–water partition coefficient (Wildman–Crippen LogP) is 3.01. The van der Waals surface area contributed by atoms with Crippen molar-refractivity contribution in [2.45, 2.75) is 44.7 Å². The molecule has 0 aliphatic carbocycles. The molecule has 2 aromatic heterocycles. The first-order valence-electron chi connectivity index (χ1n) is 8.92. The Labute approximate surface area is 137 Å². The van der Waals surface area contributed by atoms with Crippen molar-refractivity contribution in [2.75, 3.05) is 26.8 Å². The van der Waals surface area contributed by atoms with Crippen molar-refractivity contribution in [3.8, 4) is 0 Å². The van der Waals surface area contributed by atoms with Crippen molar-refractivity contribution in [3.63, 3.8) is 0 Å². The number of nitrogens with zero attached hydrogens (tertiary/aromatic N) is 4. The minimum absolute atomic E-state index is 0.429. The van der Waals surface area contributed by atoms with Crippen LogP contribution in [0.25, 0.3) is 11.2 Å². The highest BCUT2D eigenvalue weighted by Gasteiger charge is 2.28. The molecule has 0 aromatic carbocycles. The molecule has 2 fully saturated rings. The Morgan fingerprint density at radius 1 is 1.22 bits per heavy atom. The maximum absolute atomic E-state index is 5.52. The Kier molecular flexibility index (Phi) is 4.31. The average molecular weight is 314 g/mol. The summed E-state index contributed by atoms with van der Waals surface area (Å²) < 4.78 is 7.92. The number of ether oxygens (including phenoxy) is 1. The van der Waals surface area contributed by atoms with Gasteiger partial charge in [-0.25, -0.2) is 9.97 Å². The summed E-state index contributed by atoms with van der Waals surface area (Å²) in [5.74, 6) is 1.89. The quantitative estimate of drug-likeness (QED) is 0.873. The molecule has 5 heteroatoms. The third kappa shape index (κ3) is 3.00. The SMILES string of the molecule is CN1CCCCC1c1nc2cccnc2n1CC1CCOCC1. The third-order valence-electron chi connectivity index (χ3n) is 5.38. The number of hydrogen-bond acceptors (Lipinski definition) is 4. The Morgan fingerprint density at radius 2 is 2.09 bits per heavy atom. The van der Waals surface area contributed by atoms with Crippen molar-refractivity contribution in [2.24, 2.45) is 5.92 Å². The summed E-state index contributed by atoms with van der Waals surface area (Å²) in [7, 11) is 2.23. The molecule has 0 radical (unpaired) electrons. The Hall–Kier alpha value is -1.46. The number of likely N-dealkylation sites (tertiary alicyclic amines) is 1. The zero-order valence-electron chi connectivity index (χ0n) is 13.9. The molecule has 1 atom stereocenters. The number of rotatable bonds is 3. The molecule has 0 amide bonds. The number of aromatic nitrogens is 3. The molecule has 0 saturated carbocycles. The highest BCUT2D eigenvalue weighted by molar-refractivity contribution is 5.71. The first-order valence-corrected chi connectivity index (χ1v) is 8.92. The second-order valence-corrected chi connectivity index (χ2v) is 6.97.